The van der Waals surface area contributed by atoms with Crippen LogP contribution in [0, 0.1) is 5.92 Å². The molecule has 10 heteroatoms. The van der Waals surface area contributed by atoms with E-state index in [1.54, 1.807) is 0 Å². The number of benzene rings is 1. The highest BCUT2D eigenvalue weighted by Crippen LogP contribution is 2.43. The first kappa shape index (κ1) is 23.7. The van der Waals surface area contributed by atoms with Crippen LogP contribution in [0.25, 0.3) is 22.2 Å². The second-order valence-electron chi connectivity index (χ2n) is 10.3. The second kappa shape index (κ2) is 9.64. The van der Waals surface area contributed by atoms with Crippen LogP contribution in [0.5, 0.6) is 5.75 Å². The van der Waals surface area contributed by atoms with Gasteiger partial charge in [0.05, 0.1) is 23.0 Å². The number of ether oxygens (including phenoxy) is 2. The number of hydrogen-bond donors (Lipinski definition) is 1. The van der Waals surface area contributed by atoms with Crippen molar-refractivity contribution in [2.75, 3.05) is 50.1 Å². The van der Waals surface area contributed by atoms with Crippen molar-refractivity contribution in [3.8, 4) is 16.9 Å². The number of hydrogen-bond acceptors (Lipinski definition) is 8. The van der Waals surface area contributed by atoms with Gasteiger partial charge in [0, 0.05) is 44.0 Å². The number of anilines is 1. The molecule has 1 aromatic carbocycles. The average molecular weight is 512 g/mol. The lowest BCUT2D eigenvalue weighted by molar-refractivity contribution is 0.0680. The minimum Gasteiger partial charge on any atom is -0.491 e. The molecule has 1 atom stereocenters. The SMILES string of the molecule is Nc1ncnc2c1c(-c1cccc(OCC3CCCO3)c1)cn2C1CC(CN2CCS(=O)(=O)CC2)C1. The molecule has 1 aliphatic carbocycles. The summed E-state index contributed by atoms with van der Waals surface area (Å²) < 4.78 is 37.4. The Morgan fingerprint density at radius 3 is 2.78 bits per heavy atom. The van der Waals surface area contributed by atoms with Gasteiger partial charge in [0.15, 0.2) is 9.84 Å². The molecule has 36 heavy (non-hydrogen) atoms. The smallest absolute Gasteiger partial charge is 0.152 e. The molecule has 9 nitrogen and oxygen atoms in total. The molecule has 1 saturated carbocycles. The Hall–Kier alpha value is -2.69. The van der Waals surface area contributed by atoms with Crippen molar-refractivity contribution in [2.24, 2.45) is 5.92 Å². The lowest BCUT2D eigenvalue weighted by Crippen LogP contribution is -2.44. The molecule has 3 fully saturated rings. The summed E-state index contributed by atoms with van der Waals surface area (Å²) >= 11 is 0. The molecule has 1 unspecified atom stereocenters. The van der Waals surface area contributed by atoms with E-state index in [4.69, 9.17) is 15.2 Å². The number of nitrogen functional groups attached to an aromatic ring is 1. The third-order valence-electron chi connectivity index (χ3n) is 7.80. The Morgan fingerprint density at radius 2 is 2.00 bits per heavy atom. The molecule has 0 bridgehead atoms. The molecule has 0 spiro atoms. The number of nitrogens with two attached hydrogens (primary N) is 1. The van der Waals surface area contributed by atoms with Gasteiger partial charge in [-0.2, -0.15) is 0 Å². The topological polar surface area (TPSA) is 113 Å². The maximum Gasteiger partial charge on any atom is 0.152 e. The highest BCUT2D eigenvalue weighted by Gasteiger charge is 2.34. The van der Waals surface area contributed by atoms with E-state index in [2.05, 4.69) is 37.8 Å². The summed E-state index contributed by atoms with van der Waals surface area (Å²) in [6, 6.07) is 8.43. The van der Waals surface area contributed by atoms with Crippen molar-refractivity contribution in [3.63, 3.8) is 0 Å². The van der Waals surface area contributed by atoms with Gasteiger partial charge in [-0.05, 0) is 49.3 Å². The first-order valence-electron chi connectivity index (χ1n) is 12.8. The monoisotopic (exact) mass is 511 g/mol. The third-order valence-corrected chi connectivity index (χ3v) is 9.41. The average Bonchev–Trinajstić information content (AvgIpc) is 3.50. The van der Waals surface area contributed by atoms with Crippen molar-refractivity contribution in [2.45, 2.75) is 37.8 Å². The van der Waals surface area contributed by atoms with Gasteiger partial charge in [-0.25, -0.2) is 18.4 Å². The summed E-state index contributed by atoms with van der Waals surface area (Å²) in [6.45, 7) is 3.63. The number of fused-ring (bicyclic) bond motifs is 1. The molecule has 2 aromatic heterocycles. The summed E-state index contributed by atoms with van der Waals surface area (Å²) in [5.74, 6) is 2.41. The first-order valence-corrected chi connectivity index (χ1v) is 14.7. The lowest BCUT2D eigenvalue weighted by atomic mass is 9.79. The largest absolute Gasteiger partial charge is 0.491 e. The second-order valence-corrected chi connectivity index (χ2v) is 12.6. The van der Waals surface area contributed by atoms with E-state index in [0.717, 1.165) is 66.7 Å². The maximum atomic E-state index is 11.7. The van der Waals surface area contributed by atoms with Crippen molar-refractivity contribution in [1.29, 1.82) is 0 Å². The highest BCUT2D eigenvalue weighted by molar-refractivity contribution is 7.91. The summed E-state index contributed by atoms with van der Waals surface area (Å²) in [7, 11) is -2.84. The zero-order valence-electron chi connectivity index (χ0n) is 20.4. The Bertz CT molecular complexity index is 1330. The van der Waals surface area contributed by atoms with Crippen molar-refractivity contribution >= 4 is 26.7 Å². The van der Waals surface area contributed by atoms with Crippen LogP contribution in [0.2, 0.25) is 0 Å². The van der Waals surface area contributed by atoms with Crippen LogP contribution < -0.4 is 10.5 Å². The number of sulfone groups is 1. The van der Waals surface area contributed by atoms with Crippen LogP contribution in [0.1, 0.15) is 31.7 Å². The Balaban J connectivity index is 1.19. The van der Waals surface area contributed by atoms with Gasteiger partial charge >= 0.3 is 0 Å². The number of rotatable bonds is 7. The predicted octanol–water partition coefficient (Wildman–Crippen LogP) is 2.92. The molecule has 2 aliphatic heterocycles. The quantitative estimate of drug-likeness (QED) is 0.515. The first-order chi connectivity index (χ1) is 17.4. The minimum atomic E-state index is -2.84. The fourth-order valence-corrected chi connectivity index (χ4v) is 6.98. The molecular weight excluding hydrogens is 478 g/mol. The van der Waals surface area contributed by atoms with Gasteiger partial charge in [0.2, 0.25) is 0 Å². The van der Waals surface area contributed by atoms with Gasteiger partial charge in [-0.1, -0.05) is 12.1 Å². The van der Waals surface area contributed by atoms with E-state index in [9.17, 15) is 8.42 Å². The van der Waals surface area contributed by atoms with E-state index in [1.807, 2.05) is 12.1 Å². The van der Waals surface area contributed by atoms with Crippen LogP contribution in [-0.2, 0) is 14.6 Å². The van der Waals surface area contributed by atoms with Gasteiger partial charge in [-0.15, -0.1) is 0 Å². The maximum absolute atomic E-state index is 11.7. The standard InChI is InChI=1S/C26H33N5O4S/c27-25-24-23(19-3-1-4-21(13-19)35-16-22-5-2-8-34-22)15-31(26(24)29-17-28-25)20-11-18(12-20)14-30-6-9-36(32,33)10-7-30/h1,3-4,13,15,17-18,20,22H,2,5-12,14,16H2,(H2,27,28,29). The van der Waals surface area contributed by atoms with Crippen LogP contribution in [0.15, 0.2) is 36.8 Å². The van der Waals surface area contributed by atoms with E-state index >= 15 is 0 Å². The minimum absolute atomic E-state index is 0.167. The van der Waals surface area contributed by atoms with Gasteiger partial charge in [-0.3, -0.25) is 0 Å². The molecule has 0 radical (unpaired) electrons. The fourth-order valence-electron chi connectivity index (χ4n) is 5.70. The van der Waals surface area contributed by atoms with Gasteiger partial charge in [0.1, 0.15) is 30.1 Å². The normalized spacial score (nSPS) is 26.2. The third kappa shape index (κ3) is 4.81. The molecule has 4 heterocycles. The van der Waals surface area contributed by atoms with E-state index in [0.29, 0.717) is 37.5 Å². The summed E-state index contributed by atoms with van der Waals surface area (Å²) in [4.78, 5) is 11.2. The van der Waals surface area contributed by atoms with Crippen LogP contribution in [0.4, 0.5) is 5.82 Å². The molecule has 2 saturated heterocycles. The zero-order chi connectivity index (χ0) is 24.7. The fraction of sp³-hybridized carbons (Fsp3) is 0.538. The Labute approximate surface area is 211 Å². The van der Waals surface area contributed by atoms with Crippen LogP contribution in [0.3, 0.4) is 0 Å². The summed E-state index contributed by atoms with van der Waals surface area (Å²) in [5.41, 5.74) is 9.24. The molecule has 192 valence electrons. The zero-order valence-corrected chi connectivity index (χ0v) is 21.2. The van der Waals surface area contributed by atoms with Crippen LogP contribution in [-0.4, -0.2) is 78.3 Å². The van der Waals surface area contributed by atoms with Gasteiger partial charge in [0.25, 0.3) is 0 Å². The number of nitrogens with zero attached hydrogens (tertiary/aromatic N) is 4. The van der Waals surface area contributed by atoms with Crippen molar-refractivity contribution < 1.29 is 17.9 Å². The molecule has 3 aromatic rings. The lowest BCUT2D eigenvalue weighted by Gasteiger charge is -2.40. The summed E-state index contributed by atoms with van der Waals surface area (Å²) in [6.07, 6.45) is 8.07. The Morgan fingerprint density at radius 1 is 1.17 bits per heavy atom. The molecule has 0 amide bonds. The van der Waals surface area contributed by atoms with E-state index in [1.165, 1.54) is 6.33 Å². The van der Waals surface area contributed by atoms with Crippen molar-refractivity contribution in [1.82, 2.24) is 19.4 Å². The van der Waals surface area contributed by atoms with E-state index in [-0.39, 0.29) is 17.6 Å². The van der Waals surface area contributed by atoms with E-state index < -0.39 is 9.84 Å². The predicted molar refractivity (Wildman–Crippen MR) is 139 cm³/mol. The number of aromatic nitrogens is 3. The molecular formula is C26H33N5O4S. The van der Waals surface area contributed by atoms with Crippen LogP contribution >= 0.6 is 0 Å². The summed E-state index contributed by atoms with van der Waals surface area (Å²) in [5, 5.41) is 0.874. The highest BCUT2D eigenvalue weighted by atomic mass is 32.2. The Kier molecular flexibility index (Phi) is 6.35. The molecule has 2 N–H and O–H groups in total. The van der Waals surface area contributed by atoms with Crippen molar-refractivity contribution in [3.05, 3.63) is 36.8 Å². The molecule has 6 rings (SSSR count). The molecule has 3 aliphatic rings. The van der Waals surface area contributed by atoms with Gasteiger partial charge < -0.3 is 24.7 Å².